The zero-order valence-electron chi connectivity index (χ0n) is 8.88. The molecule has 0 unspecified atom stereocenters. The van der Waals surface area contributed by atoms with Crippen molar-refractivity contribution in [2.75, 3.05) is 18.9 Å². The van der Waals surface area contributed by atoms with Gasteiger partial charge in [-0.1, -0.05) is 6.07 Å². The van der Waals surface area contributed by atoms with Crippen molar-refractivity contribution in [1.29, 1.82) is 5.26 Å². The fourth-order valence-corrected chi connectivity index (χ4v) is 1.68. The van der Waals surface area contributed by atoms with Crippen molar-refractivity contribution in [2.45, 2.75) is 6.42 Å². The first-order chi connectivity index (χ1) is 7.69. The standard InChI is InChI=1S/C11H12BrN3O/c1-14-11(16)5-6-15-10-4-2-3-9(12)8(10)7-13/h2-4,15H,5-6H2,1H3,(H,14,16). The van der Waals surface area contributed by atoms with Gasteiger partial charge in [0.2, 0.25) is 5.91 Å². The quantitative estimate of drug-likeness (QED) is 0.886. The Hall–Kier alpha value is -1.54. The third-order valence-corrected chi connectivity index (χ3v) is 2.73. The van der Waals surface area contributed by atoms with Gasteiger partial charge in [-0.3, -0.25) is 4.79 Å². The number of hydrogen-bond donors (Lipinski definition) is 2. The number of carbonyl (C=O) groups is 1. The Labute approximate surface area is 103 Å². The van der Waals surface area contributed by atoms with Crippen LogP contribution in [-0.2, 0) is 4.79 Å². The number of benzene rings is 1. The lowest BCUT2D eigenvalue weighted by Crippen LogP contribution is -2.21. The van der Waals surface area contributed by atoms with Crippen LogP contribution in [0.1, 0.15) is 12.0 Å². The first kappa shape index (κ1) is 12.5. The van der Waals surface area contributed by atoms with Crippen LogP contribution in [0.2, 0.25) is 0 Å². The van der Waals surface area contributed by atoms with E-state index in [1.165, 1.54) is 0 Å². The monoisotopic (exact) mass is 281 g/mol. The number of hydrogen-bond acceptors (Lipinski definition) is 3. The molecule has 0 aliphatic carbocycles. The molecule has 0 fully saturated rings. The van der Waals surface area contributed by atoms with Gasteiger partial charge < -0.3 is 10.6 Å². The van der Waals surface area contributed by atoms with E-state index in [9.17, 15) is 4.79 Å². The lowest BCUT2D eigenvalue weighted by atomic mass is 10.2. The van der Waals surface area contributed by atoms with Gasteiger partial charge in [-0.2, -0.15) is 5.26 Å². The van der Waals surface area contributed by atoms with Gasteiger partial charge in [0, 0.05) is 24.5 Å². The molecule has 0 atom stereocenters. The zero-order chi connectivity index (χ0) is 12.0. The highest BCUT2D eigenvalue weighted by molar-refractivity contribution is 9.10. The molecule has 0 aromatic heterocycles. The molecule has 84 valence electrons. The molecular formula is C11H12BrN3O. The van der Waals surface area contributed by atoms with Crippen LogP contribution in [0.3, 0.4) is 0 Å². The second-order valence-corrected chi connectivity index (χ2v) is 3.98. The van der Waals surface area contributed by atoms with Gasteiger partial charge in [-0.15, -0.1) is 0 Å². The first-order valence-electron chi connectivity index (χ1n) is 4.82. The summed E-state index contributed by atoms with van der Waals surface area (Å²) in [4.78, 5) is 11.0. The number of rotatable bonds is 4. The number of anilines is 1. The normalized spacial score (nSPS) is 9.31. The molecule has 0 saturated carbocycles. The predicted octanol–water partition coefficient (Wildman–Crippen LogP) is 1.87. The summed E-state index contributed by atoms with van der Waals surface area (Å²) < 4.78 is 0.750. The van der Waals surface area contributed by atoms with Crippen molar-refractivity contribution < 1.29 is 4.79 Å². The molecule has 1 aromatic carbocycles. The van der Waals surface area contributed by atoms with Crippen molar-refractivity contribution in [3.63, 3.8) is 0 Å². The average Bonchev–Trinajstić information content (AvgIpc) is 2.29. The highest BCUT2D eigenvalue weighted by Gasteiger charge is 2.05. The largest absolute Gasteiger partial charge is 0.383 e. The van der Waals surface area contributed by atoms with Crippen LogP contribution >= 0.6 is 15.9 Å². The minimum Gasteiger partial charge on any atom is -0.383 e. The molecule has 1 rings (SSSR count). The van der Waals surface area contributed by atoms with E-state index in [4.69, 9.17) is 5.26 Å². The number of carbonyl (C=O) groups excluding carboxylic acids is 1. The van der Waals surface area contributed by atoms with Crippen molar-refractivity contribution >= 4 is 27.5 Å². The summed E-state index contributed by atoms with van der Waals surface area (Å²) in [6.07, 6.45) is 0.383. The molecule has 4 nitrogen and oxygen atoms in total. The maximum Gasteiger partial charge on any atom is 0.221 e. The highest BCUT2D eigenvalue weighted by atomic mass is 79.9. The minimum absolute atomic E-state index is 0.0268. The molecule has 16 heavy (non-hydrogen) atoms. The van der Waals surface area contributed by atoms with Crippen molar-refractivity contribution in [3.8, 4) is 6.07 Å². The molecule has 1 amide bonds. The smallest absolute Gasteiger partial charge is 0.221 e. The highest BCUT2D eigenvalue weighted by Crippen LogP contribution is 2.23. The van der Waals surface area contributed by atoms with Crippen LogP contribution in [0, 0.1) is 11.3 Å². The number of nitriles is 1. The topological polar surface area (TPSA) is 64.9 Å². The lowest BCUT2D eigenvalue weighted by Gasteiger charge is -2.08. The zero-order valence-corrected chi connectivity index (χ0v) is 10.5. The summed E-state index contributed by atoms with van der Waals surface area (Å²) in [6, 6.07) is 7.57. The van der Waals surface area contributed by atoms with E-state index >= 15 is 0 Å². The molecule has 5 heteroatoms. The van der Waals surface area contributed by atoms with Gasteiger partial charge in [0.15, 0.2) is 0 Å². The Bertz CT molecular complexity index is 426. The SMILES string of the molecule is CNC(=O)CCNc1cccc(Br)c1C#N. The fraction of sp³-hybridized carbons (Fsp3) is 0.273. The summed E-state index contributed by atoms with van der Waals surface area (Å²) in [6.45, 7) is 0.505. The molecule has 2 N–H and O–H groups in total. The Morgan fingerprint density at radius 1 is 1.56 bits per heavy atom. The van der Waals surface area contributed by atoms with Crippen LogP contribution in [0.25, 0.3) is 0 Å². The third kappa shape index (κ3) is 3.24. The molecule has 0 heterocycles. The van der Waals surface area contributed by atoms with Gasteiger partial charge in [0.1, 0.15) is 6.07 Å². The second kappa shape index (κ2) is 6.13. The summed E-state index contributed by atoms with van der Waals surface area (Å²) in [7, 11) is 1.60. The Morgan fingerprint density at radius 3 is 2.94 bits per heavy atom. The van der Waals surface area contributed by atoms with E-state index in [0.717, 1.165) is 10.2 Å². The van der Waals surface area contributed by atoms with Gasteiger partial charge in [0.25, 0.3) is 0 Å². The van der Waals surface area contributed by atoms with Crippen molar-refractivity contribution in [3.05, 3.63) is 28.2 Å². The number of halogens is 1. The fourth-order valence-electron chi connectivity index (χ4n) is 1.22. The molecule has 0 saturated heterocycles. The van der Waals surface area contributed by atoms with Crippen molar-refractivity contribution in [1.82, 2.24) is 5.32 Å². The Kier molecular flexibility index (Phi) is 4.80. The van der Waals surface area contributed by atoms with E-state index in [1.54, 1.807) is 7.05 Å². The molecule has 0 aliphatic rings. The lowest BCUT2D eigenvalue weighted by molar-refractivity contribution is -0.120. The van der Waals surface area contributed by atoms with Gasteiger partial charge >= 0.3 is 0 Å². The summed E-state index contributed by atoms with van der Waals surface area (Å²) >= 11 is 3.30. The summed E-state index contributed by atoms with van der Waals surface area (Å²) in [5.74, 6) is -0.0268. The maximum absolute atomic E-state index is 11.0. The molecular weight excluding hydrogens is 270 g/mol. The maximum atomic E-state index is 11.0. The van der Waals surface area contributed by atoms with Crippen LogP contribution in [0.4, 0.5) is 5.69 Å². The summed E-state index contributed by atoms with van der Waals surface area (Å²) in [5.41, 5.74) is 1.29. The van der Waals surface area contributed by atoms with Crippen LogP contribution < -0.4 is 10.6 Å². The van der Waals surface area contributed by atoms with Gasteiger partial charge in [0.05, 0.1) is 11.3 Å². The van der Waals surface area contributed by atoms with E-state index in [-0.39, 0.29) is 5.91 Å². The number of nitrogens with zero attached hydrogens (tertiary/aromatic N) is 1. The van der Waals surface area contributed by atoms with Crippen molar-refractivity contribution in [2.24, 2.45) is 0 Å². The van der Waals surface area contributed by atoms with Gasteiger partial charge in [-0.25, -0.2) is 0 Å². The minimum atomic E-state index is -0.0268. The average molecular weight is 282 g/mol. The molecule has 1 aromatic rings. The molecule has 0 aliphatic heterocycles. The second-order valence-electron chi connectivity index (χ2n) is 3.12. The van der Waals surface area contributed by atoms with Crippen LogP contribution in [0.15, 0.2) is 22.7 Å². The molecule has 0 spiro atoms. The predicted molar refractivity (Wildman–Crippen MR) is 66.0 cm³/mol. The molecule has 0 radical (unpaired) electrons. The third-order valence-electron chi connectivity index (χ3n) is 2.07. The van der Waals surface area contributed by atoms with Crippen LogP contribution in [0.5, 0.6) is 0 Å². The molecule has 0 bridgehead atoms. The van der Waals surface area contributed by atoms with E-state index in [1.807, 2.05) is 18.2 Å². The number of nitrogens with one attached hydrogen (secondary N) is 2. The Morgan fingerprint density at radius 2 is 2.31 bits per heavy atom. The first-order valence-corrected chi connectivity index (χ1v) is 5.61. The van der Waals surface area contributed by atoms with Gasteiger partial charge in [-0.05, 0) is 28.1 Å². The van der Waals surface area contributed by atoms with E-state index < -0.39 is 0 Å². The summed E-state index contributed by atoms with van der Waals surface area (Å²) in [5, 5.41) is 14.5. The van der Waals surface area contributed by atoms with E-state index in [0.29, 0.717) is 18.5 Å². The van der Waals surface area contributed by atoms with E-state index in [2.05, 4.69) is 32.6 Å². The Balaban J connectivity index is 2.64. The van der Waals surface area contributed by atoms with Crippen LogP contribution in [-0.4, -0.2) is 19.5 Å². The number of amides is 1.